The third-order valence-electron chi connectivity index (χ3n) is 3.55. The van der Waals surface area contributed by atoms with E-state index in [-0.39, 0.29) is 6.61 Å². The van der Waals surface area contributed by atoms with Crippen LogP contribution in [0.5, 0.6) is 0 Å². The van der Waals surface area contributed by atoms with Gasteiger partial charge in [0.2, 0.25) is 0 Å². The average Bonchev–Trinajstić information content (AvgIpc) is 2.66. The molecule has 0 unspecified atom stereocenters. The van der Waals surface area contributed by atoms with E-state index in [2.05, 4.69) is 40.6 Å². The van der Waals surface area contributed by atoms with E-state index in [1.165, 1.54) is 5.56 Å². The lowest BCUT2D eigenvalue weighted by Crippen LogP contribution is -2.06. The number of fused-ring (bicyclic) bond motifs is 1. The zero-order valence-corrected chi connectivity index (χ0v) is 11.9. The Hall–Kier alpha value is -1.62. The number of unbranched alkanes of at least 4 members (excludes halogenated alkanes) is 1. The highest BCUT2D eigenvalue weighted by atomic mass is 16.3. The maximum Gasteiger partial charge on any atom is 0.146 e. The van der Waals surface area contributed by atoms with Crippen LogP contribution < -0.4 is 5.32 Å². The summed E-state index contributed by atoms with van der Waals surface area (Å²) in [4.78, 5) is 8.73. The molecule has 2 heterocycles. The first-order valence-corrected chi connectivity index (χ1v) is 6.85. The minimum Gasteiger partial charge on any atom is -0.395 e. The molecule has 2 N–H and O–H groups in total. The van der Waals surface area contributed by atoms with Gasteiger partial charge in [-0.1, -0.05) is 13.3 Å². The van der Waals surface area contributed by atoms with Crippen LogP contribution in [0.25, 0.3) is 11.0 Å². The van der Waals surface area contributed by atoms with Gasteiger partial charge < -0.3 is 15.0 Å². The Balaban J connectivity index is 2.46. The standard InChI is InChI=1S/C14H22N4O/c1-4-5-6-15-13-12-10(2)11(3)18(7-8-19)14(12)17-9-16-13/h9,19H,4-8H2,1-3H3,(H,15,16,17). The number of aromatic nitrogens is 3. The molecule has 0 saturated carbocycles. The number of anilines is 1. The summed E-state index contributed by atoms with van der Waals surface area (Å²) < 4.78 is 2.05. The van der Waals surface area contributed by atoms with Crippen LogP contribution in [0.15, 0.2) is 6.33 Å². The molecular weight excluding hydrogens is 240 g/mol. The van der Waals surface area contributed by atoms with Gasteiger partial charge in [-0.2, -0.15) is 0 Å². The number of hydrogen-bond donors (Lipinski definition) is 2. The van der Waals surface area contributed by atoms with E-state index < -0.39 is 0 Å². The highest BCUT2D eigenvalue weighted by Gasteiger charge is 2.15. The zero-order chi connectivity index (χ0) is 13.8. The predicted molar refractivity (Wildman–Crippen MR) is 77.5 cm³/mol. The van der Waals surface area contributed by atoms with Crippen molar-refractivity contribution in [1.82, 2.24) is 14.5 Å². The Morgan fingerprint density at radius 2 is 2.11 bits per heavy atom. The molecule has 0 aliphatic carbocycles. The molecule has 104 valence electrons. The number of nitrogens with one attached hydrogen (secondary N) is 1. The molecule has 2 aromatic heterocycles. The lowest BCUT2D eigenvalue weighted by atomic mass is 10.2. The van der Waals surface area contributed by atoms with E-state index in [0.29, 0.717) is 6.54 Å². The van der Waals surface area contributed by atoms with Crippen LogP contribution in [-0.2, 0) is 6.54 Å². The maximum atomic E-state index is 9.18. The van der Waals surface area contributed by atoms with Crippen molar-refractivity contribution in [2.45, 2.75) is 40.2 Å². The summed E-state index contributed by atoms with van der Waals surface area (Å²) in [7, 11) is 0. The van der Waals surface area contributed by atoms with E-state index >= 15 is 0 Å². The van der Waals surface area contributed by atoms with Crippen molar-refractivity contribution < 1.29 is 5.11 Å². The summed E-state index contributed by atoms with van der Waals surface area (Å²) in [5.74, 6) is 0.899. The fourth-order valence-electron chi connectivity index (χ4n) is 2.36. The molecule has 0 bridgehead atoms. The molecule has 0 atom stereocenters. The maximum absolute atomic E-state index is 9.18. The fourth-order valence-corrected chi connectivity index (χ4v) is 2.36. The van der Waals surface area contributed by atoms with E-state index in [4.69, 9.17) is 0 Å². The first-order chi connectivity index (χ1) is 9.20. The smallest absolute Gasteiger partial charge is 0.146 e. The van der Waals surface area contributed by atoms with Gasteiger partial charge in [-0.15, -0.1) is 0 Å². The van der Waals surface area contributed by atoms with Gasteiger partial charge in [-0.25, -0.2) is 9.97 Å². The van der Waals surface area contributed by atoms with Crippen LogP contribution in [0.2, 0.25) is 0 Å². The Bertz CT molecular complexity index is 562. The lowest BCUT2D eigenvalue weighted by molar-refractivity contribution is 0.276. The summed E-state index contributed by atoms with van der Waals surface area (Å²) in [5.41, 5.74) is 3.23. The molecule has 5 nitrogen and oxygen atoms in total. The van der Waals surface area contributed by atoms with Crippen molar-refractivity contribution in [2.24, 2.45) is 0 Å². The monoisotopic (exact) mass is 262 g/mol. The van der Waals surface area contributed by atoms with Gasteiger partial charge in [0.05, 0.1) is 12.0 Å². The van der Waals surface area contributed by atoms with Crippen molar-refractivity contribution in [3.63, 3.8) is 0 Å². The summed E-state index contributed by atoms with van der Waals surface area (Å²) in [6, 6.07) is 0. The van der Waals surface area contributed by atoms with E-state index in [9.17, 15) is 5.11 Å². The van der Waals surface area contributed by atoms with Crippen LogP contribution >= 0.6 is 0 Å². The molecule has 0 saturated heterocycles. The van der Waals surface area contributed by atoms with Gasteiger partial charge in [-0.05, 0) is 25.8 Å². The van der Waals surface area contributed by atoms with Crippen molar-refractivity contribution in [3.05, 3.63) is 17.6 Å². The van der Waals surface area contributed by atoms with Gasteiger partial charge >= 0.3 is 0 Å². The molecule has 0 amide bonds. The third-order valence-corrected chi connectivity index (χ3v) is 3.55. The van der Waals surface area contributed by atoms with Crippen LogP contribution in [-0.4, -0.2) is 32.8 Å². The second kappa shape index (κ2) is 6.02. The summed E-state index contributed by atoms with van der Waals surface area (Å²) >= 11 is 0. The molecule has 19 heavy (non-hydrogen) atoms. The molecule has 0 spiro atoms. The summed E-state index contributed by atoms with van der Waals surface area (Å²) in [6.07, 6.45) is 3.87. The van der Waals surface area contributed by atoms with Crippen LogP contribution in [0.3, 0.4) is 0 Å². The van der Waals surface area contributed by atoms with Crippen LogP contribution in [0, 0.1) is 13.8 Å². The molecule has 5 heteroatoms. The number of hydrogen-bond acceptors (Lipinski definition) is 4. The zero-order valence-electron chi connectivity index (χ0n) is 11.9. The largest absolute Gasteiger partial charge is 0.395 e. The average molecular weight is 262 g/mol. The van der Waals surface area contributed by atoms with Crippen LogP contribution in [0.1, 0.15) is 31.0 Å². The number of nitrogens with zero attached hydrogens (tertiary/aromatic N) is 3. The van der Waals surface area contributed by atoms with Gasteiger partial charge in [0.15, 0.2) is 0 Å². The SMILES string of the molecule is CCCCNc1ncnc2c1c(C)c(C)n2CCO. The van der Waals surface area contributed by atoms with E-state index in [1.807, 2.05) is 0 Å². The van der Waals surface area contributed by atoms with Gasteiger partial charge in [0.25, 0.3) is 0 Å². The van der Waals surface area contributed by atoms with Crippen molar-refractivity contribution in [2.75, 3.05) is 18.5 Å². The molecule has 0 radical (unpaired) electrons. The van der Waals surface area contributed by atoms with Crippen molar-refractivity contribution >= 4 is 16.9 Å². The number of aryl methyl sites for hydroxylation is 1. The Morgan fingerprint density at radius 3 is 2.79 bits per heavy atom. The second-order valence-electron chi connectivity index (χ2n) is 4.79. The van der Waals surface area contributed by atoms with Gasteiger partial charge in [0, 0.05) is 18.8 Å². The van der Waals surface area contributed by atoms with Gasteiger partial charge in [0.1, 0.15) is 17.8 Å². The second-order valence-corrected chi connectivity index (χ2v) is 4.79. The molecule has 0 fully saturated rings. The normalized spacial score (nSPS) is 11.2. The number of aliphatic hydroxyl groups excluding tert-OH is 1. The first-order valence-electron chi connectivity index (χ1n) is 6.85. The van der Waals surface area contributed by atoms with Gasteiger partial charge in [-0.3, -0.25) is 0 Å². The lowest BCUT2D eigenvalue weighted by Gasteiger charge is -2.07. The number of rotatable bonds is 6. The molecular formula is C14H22N4O. The minimum atomic E-state index is 0.118. The Kier molecular flexibility index (Phi) is 4.37. The fraction of sp³-hybridized carbons (Fsp3) is 0.571. The quantitative estimate of drug-likeness (QED) is 0.784. The van der Waals surface area contributed by atoms with E-state index in [1.54, 1.807) is 6.33 Å². The third kappa shape index (κ3) is 2.56. The number of aliphatic hydroxyl groups is 1. The Labute approximate surface area is 113 Å². The highest BCUT2D eigenvalue weighted by Crippen LogP contribution is 2.28. The topological polar surface area (TPSA) is 63.0 Å². The highest BCUT2D eigenvalue weighted by molar-refractivity contribution is 5.91. The molecule has 0 aromatic carbocycles. The molecule has 0 aliphatic heterocycles. The van der Waals surface area contributed by atoms with Crippen LogP contribution in [0.4, 0.5) is 5.82 Å². The Morgan fingerprint density at radius 1 is 1.32 bits per heavy atom. The summed E-state index contributed by atoms with van der Waals surface area (Å²) in [6.45, 7) is 7.92. The van der Waals surface area contributed by atoms with Crippen molar-refractivity contribution in [1.29, 1.82) is 0 Å². The van der Waals surface area contributed by atoms with Crippen molar-refractivity contribution in [3.8, 4) is 0 Å². The first kappa shape index (κ1) is 13.8. The summed E-state index contributed by atoms with van der Waals surface area (Å²) in [5, 5.41) is 13.6. The molecule has 2 rings (SSSR count). The minimum absolute atomic E-state index is 0.118. The van der Waals surface area contributed by atoms with E-state index in [0.717, 1.165) is 41.9 Å². The predicted octanol–water partition coefficient (Wildman–Crippen LogP) is 2.25. The molecule has 0 aliphatic rings. The molecule has 2 aromatic rings.